The van der Waals surface area contributed by atoms with E-state index >= 15 is 0 Å². The molecule has 3 nitrogen and oxygen atoms in total. The van der Waals surface area contributed by atoms with Crippen LogP contribution in [0.4, 0.5) is 5.69 Å². The number of nitrogens with one attached hydrogen (secondary N) is 1. The first kappa shape index (κ1) is 12.9. The summed E-state index contributed by atoms with van der Waals surface area (Å²) in [7, 11) is 1.55. The molecule has 94 valence electrons. The maximum Gasteiger partial charge on any atom is 0.266 e. The quantitative estimate of drug-likeness (QED) is 0.924. The highest BCUT2D eigenvalue weighted by Crippen LogP contribution is 2.28. The molecule has 18 heavy (non-hydrogen) atoms. The second-order valence-electron chi connectivity index (χ2n) is 3.73. The number of carbonyl (C=O) groups excluding carboxylic acids is 1. The first-order valence-electron chi connectivity index (χ1n) is 5.31. The zero-order valence-corrected chi connectivity index (χ0v) is 11.6. The van der Waals surface area contributed by atoms with Gasteiger partial charge in [0.25, 0.3) is 5.91 Å². The van der Waals surface area contributed by atoms with E-state index in [1.807, 2.05) is 18.4 Å². The van der Waals surface area contributed by atoms with E-state index in [0.717, 1.165) is 5.56 Å². The summed E-state index contributed by atoms with van der Waals surface area (Å²) in [4.78, 5) is 12.8. The van der Waals surface area contributed by atoms with E-state index in [2.05, 4.69) is 5.32 Å². The summed E-state index contributed by atoms with van der Waals surface area (Å²) in [6.07, 6.45) is 0. The number of amides is 1. The second-order valence-corrected chi connectivity index (χ2v) is 5.08. The van der Waals surface area contributed by atoms with Crippen molar-refractivity contribution in [1.82, 2.24) is 0 Å². The number of carbonyl (C=O) groups is 1. The molecule has 0 radical (unpaired) electrons. The van der Waals surface area contributed by atoms with Gasteiger partial charge < -0.3 is 10.1 Å². The lowest BCUT2D eigenvalue weighted by Crippen LogP contribution is -2.12. The Morgan fingerprint density at radius 1 is 1.39 bits per heavy atom. The van der Waals surface area contributed by atoms with Crippen molar-refractivity contribution in [3.05, 3.63) is 45.1 Å². The van der Waals surface area contributed by atoms with Crippen LogP contribution in [-0.4, -0.2) is 13.0 Å². The normalized spacial score (nSPS) is 10.2. The molecule has 2 aromatic rings. The molecular weight excluding hydrogens is 270 g/mol. The Morgan fingerprint density at radius 3 is 2.78 bits per heavy atom. The monoisotopic (exact) mass is 281 g/mol. The molecule has 0 unspecified atom stereocenters. The average Bonchev–Trinajstić information content (AvgIpc) is 2.76. The molecule has 0 aliphatic heterocycles. The van der Waals surface area contributed by atoms with E-state index in [9.17, 15) is 4.79 Å². The van der Waals surface area contributed by atoms with Gasteiger partial charge in [-0.25, -0.2) is 0 Å². The summed E-state index contributed by atoms with van der Waals surface area (Å²) in [6.45, 7) is 1.90. The molecule has 1 aromatic carbocycles. The summed E-state index contributed by atoms with van der Waals surface area (Å²) >= 11 is 7.32. The Bertz CT molecular complexity index is 580. The molecule has 0 saturated heterocycles. The van der Waals surface area contributed by atoms with Gasteiger partial charge in [-0.1, -0.05) is 11.6 Å². The van der Waals surface area contributed by atoms with Crippen molar-refractivity contribution in [2.24, 2.45) is 0 Å². The van der Waals surface area contributed by atoms with Gasteiger partial charge in [0.15, 0.2) is 0 Å². The number of rotatable bonds is 3. The smallest absolute Gasteiger partial charge is 0.266 e. The van der Waals surface area contributed by atoms with Gasteiger partial charge in [-0.3, -0.25) is 4.79 Å². The Morgan fingerprint density at radius 2 is 2.17 bits per heavy atom. The summed E-state index contributed by atoms with van der Waals surface area (Å²) in [6, 6.07) is 7.02. The Labute approximate surface area is 114 Å². The van der Waals surface area contributed by atoms with Crippen molar-refractivity contribution in [2.45, 2.75) is 6.92 Å². The van der Waals surface area contributed by atoms with Crippen LogP contribution in [0.2, 0.25) is 5.02 Å². The SMILES string of the molecule is COc1ccc(Cl)cc1NC(=O)c1sccc1C. The van der Waals surface area contributed by atoms with Gasteiger partial charge in [0.1, 0.15) is 5.75 Å². The van der Waals surface area contributed by atoms with Crippen molar-refractivity contribution >= 4 is 34.5 Å². The van der Waals surface area contributed by atoms with Crippen molar-refractivity contribution in [3.63, 3.8) is 0 Å². The number of thiophene rings is 1. The van der Waals surface area contributed by atoms with Crippen molar-refractivity contribution in [3.8, 4) is 5.75 Å². The fourth-order valence-electron chi connectivity index (χ4n) is 1.56. The first-order chi connectivity index (χ1) is 8.61. The minimum absolute atomic E-state index is 0.150. The van der Waals surface area contributed by atoms with Crippen LogP contribution in [0.1, 0.15) is 15.2 Å². The molecule has 0 saturated carbocycles. The minimum atomic E-state index is -0.150. The van der Waals surface area contributed by atoms with E-state index in [1.165, 1.54) is 11.3 Å². The number of anilines is 1. The zero-order valence-electron chi connectivity index (χ0n) is 9.99. The molecule has 1 N–H and O–H groups in total. The molecule has 0 aliphatic carbocycles. The van der Waals surface area contributed by atoms with Gasteiger partial charge >= 0.3 is 0 Å². The summed E-state index contributed by atoms with van der Waals surface area (Å²) in [5.41, 5.74) is 1.53. The third-order valence-electron chi connectivity index (χ3n) is 2.48. The number of ether oxygens (including phenoxy) is 1. The molecule has 0 bridgehead atoms. The van der Waals surface area contributed by atoms with Gasteiger partial charge in [0, 0.05) is 5.02 Å². The lowest BCUT2D eigenvalue weighted by atomic mass is 10.2. The summed E-state index contributed by atoms with van der Waals surface area (Å²) in [5.74, 6) is 0.435. The Balaban J connectivity index is 2.27. The van der Waals surface area contributed by atoms with E-state index in [4.69, 9.17) is 16.3 Å². The molecule has 0 atom stereocenters. The van der Waals surface area contributed by atoms with Crippen molar-refractivity contribution in [1.29, 1.82) is 0 Å². The van der Waals surface area contributed by atoms with Crippen LogP contribution < -0.4 is 10.1 Å². The van der Waals surface area contributed by atoms with Gasteiger partial charge in [-0.15, -0.1) is 11.3 Å². The fourth-order valence-corrected chi connectivity index (χ4v) is 2.55. The highest BCUT2D eigenvalue weighted by Gasteiger charge is 2.13. The molecule has 1 heterocycles. The molecule has 2 rings (SSSR count). The van der Waals surface area contributed by atoms with Crippen LogP contribution in [0.5, 0.6) is 5.75 Å². The van der Waals surface area contributed by atoms with Gasteiger partial charge in [0.2, 0.25) is 0 Å². The average molecular weight is 282 g/mol. The van der Waals surface area contributed by atoms with Gasteiger partial charge in [-0.2, -0.15) is 0 Å². The first-order valence-corrected chi connectivity index (χ1v) is 6.56. The zero-order chi connectivity index (χ0) is 13.1. The van der Waals surface area contributed by atoms with E-state index in [1.54, 1.807) is 25.3 Å². The molecule has 0 aliphatic rings. The summed E-state index contributed by atoms with van der Waals surface area (Å²) < 4.78 is 5.18. The fraction of sp³-hybridized carbons (Fsp3) is 0.154. The van der Waals surface area contributed by atoms with Crippen LogP contribution in [0.3, 0.4) is 0 Å². The van der Waals surface area contributed by atoms with Gasteiger partial charge in [0.05, 0.1) is 17.7 Å². The summed E-state index contributed by atoms with van der Waals surface area (Å²) in [5, 5.41) is 5.25. The third kappa shape index (κ3) is 2.66. The van der Waals surface area contributed by atoms with Crippen molar-refractivity contribution in [2.75, 3.05) is 12.4 Å². The number of hydrogen-bond acceptors (Lipinski definition) is 3. The Kier molecular flexibility index (Phi) is 3.89. The standard InChI is InChI=1S/C13H12ClNO2S/c1-8-5-6-18-12(8)13(16)15-10-7-9(14)3-4-11(10)17-2/h3-7H,1-2H3,(H,15,16). The van der Waals surface area contributed by atoms with Crippen LogP contribution in [0.25, 0.3) is 0 Å². The highest BCUT2D eigenvalue weighted by molar-refractivity contribution is 7.12. The van der Waals surface area contributed by atoms with Crippen molar-refractivity contribution < 1.29 is 9.53 Å². The van der Waals surface area contributed by atoms with Crippen LogP contribution in [0.15, 0.2) is 29.6 Å². The lowest BCUT2D eigenvalue weighted by molar-refractivity contribution is 0.102. The topological polar surface area (TPSA) is 38.3 Å². The molecular formula is C13H12ClNO2S. The number of benzene rings is 1. The molecule has 0 fully saturated rings. The van der Waals surface area contributed by atoms with Gasteiger partial charge in [-0.05, 0) is 42.1 Å². The molecule has 0 spiro atoms. The minimum Gasteiger partial charge on any atom is -0.495 e. The van der Waals surface area contributed by atoms with Crippen LogP contribution in [0, 0.1) is 6.92 Å². The number of aryl methyl sites for hydroxylation is 1. The van der Waals surface area contributed by atoms with E-state index < -0.39 is 0 Å². The van der Waals surface area contributed by atoms with Crippen LogP contribution in [-0.2, 0) is 0 Å². The maximum atomic E-state index is 12.1. The predicted octanol–water partition coefficient (Wildman–Crippen LogP) is 3.97. The number of methoxy groups -OCH3 is 1. The second kappa shape index (κ2) is 5.42. The predicted molar refractivity (Wildman–Crippen MR) is 75.0 cm³/mol. The number of hydrogen-bond donors (Lipinski definition) is 1. The molecule has 5 heteroatoms. The maximum absolute atomic E-state index is 12.1. The Hall–Kier alpha value is -1.52. The largest absolute Gasteiger partial charge is 0.495 e. The third-order valence-corrected chi connectivity index (χ3v) is 3.73. The number of halogens is 1. The highest BCUT2D eigenvalue weighted by atomic mass is 35.5. The molecule has 1 aromatic heterocycles. The van der Waals surface area contributed by atoms with E-state index in [-0.39, 0.29) is 5.91 Å². The van der Waals surface area contributed by atoms with Crippen LogP contribution >= 0.6 is 22.9 Å². The molecule has 1 amide bonds. The van der Waals surface area contributed by atoms with E-state index in [0.29, 0.717) is 21.3 Å². The lowest BCUT2D eigenvalue weighted by Gasteiger charge is -2.10.